The van der Waals surface area contributed by atoms with Crippen molar-refractivity contribution in [1.82, 2.24) is 5.32 Å². The summed E-state index contributed by atoms with van der Waals surface area (Å²) in [5, 5.41) is 12.4. The second-order valence-electron chi connectivity index (χ2n) is 8.37. The van der Waals surface area contributed by atoms with Crippen molar-refractivity contribution in [3.05, 3.63) is 93.5 Å². The molecule has 0 heterocycles. The van der Waals surface area contributed by atoms with E-state index in [1.54, 1.807) is 6.07 Å². The molecule has 2 N–H and O–H groups in total. The number of benzene rings is 3. The second kappa shape index (κ2) is 8.43. The lowest BCUT2D eigenvalue weighted by Gasteiger charge is -2.36. The summed E-state index contributed by atoms with van der Waals surface area (Å²) in [6, 6.07) is 21.8. The van der Waals surface area contributed by atoms with E-state index in [0.29, 0.717) is 18.4 Å². The molecule has 2 aliphatic rings. The van der Waals surface area contributed by atoms with E-state index in [-0.39, 0.29) is 24.5 Å². The molecule has 0 saturated heterocycles. The third kappa shape index (κ3) is 3.79. The molecule has 0 bridgehead atoms. The van der Waals surface area contributed by atoms with Gasteiger partial charge >= 0.3 is 12.1 Å². The van der Waals surface area contributed by atoms with Crippen LogP contribution in [0.25, 0.3) is 11.1 Å². The first-order chi connectivity index (χ1) is 15.5. The van der Waals surface area contributed by atoms with Crippen LogP contribution >= 0.6 is 15.9 Å². The third-order valence-electron chi connectivity index (χ3n) is 6.49. The molecule has 5 nitrogen and oxygen atoms in total. The number of carbonyl (C=O) groups excluding carboxylic acids is 1. The third-order valence-corrected chi connectivity index (χ3v) is 6.98. The predicted octanol–water partition coefficient (Wildman–Crippen LogP) is 5.93. The number of halogens is 1. The molecule has 6 heteroatoms. The molecular formula is C26H22BrNO4. The normalized spacial score (nSPS) is 18.9. The molecule has 3 aromatic carbocycles. The van der Waals surface area contributed by atoms with Crippen LogP contribution in [0.2, 0.25) is 0 Å². The van der Waals surface area contributed by atoms with Crippen molar-refractivity contribution in [2.24, 2.45) is 0 Å². The van der Waals surface area contributed by atoms with Gasteiger partial charge in [-0.05, 0) is 58.7 Å². The SMILES string of the molecule is O=C(NC1CC(c2ccc(Br)cc2C(=O)O)C1)OCC1c2ccccc2-c2ccccc21. The van der Waals surface area contributed by atoms with Gasteiger partial charge in [-0.3, -0.25) is 0 Å². The second-order valence-corrected chi connectivity index (χ2v) is 9.29. The van der Waals surface area contributed by atoms with Crippen LogP contribution < -0.4 is 5.32 Å². The summed E-state index contributed by atoms with van der Waals surface area (Å²) in [5.41, 5.74) is 5.88. The molecule has 2 aliphatic carbocycles. The number of fused-ring (bicyclic) bond motifs is 3. The zero-order valence-electron chi connectivity index (χ0n) is 17.3. The van der Waals surface area contributed by atoms with Crippen LogP contribution in [0.1, 0.15) is 51.7 Å². The average molecular weight is 492 g/mol. The van der Waals surface area contributed by atoms with Crippen molar-refractivity contribution in [3.8, 4) is 11.1 Å². The molecule has 0 atom stereocenters. The lowest BCUT2D eigenvalue weighted by Crippen LogP contribution is -2.44. The van der Waals surface area contributed by atoms with E-state index in [9.17, 15) is 14.7 Å². The standard InChI is InChI=1S/C26H22BrNO4/c27-16-9-10-18(23(13-16)25(29)30)15-11-17(12-15)28-26(31)32-14-24-21-7-3-1-5-19(21)20-6-2-4-8-22(20)24/h1-10,13,15,17,24H,11-12,14H2,(H,28,31)(H,29,30). The molecule has 32 heavy (non-hydrogen) atoms. The van der Waals surface area contributed by atoms with Crippen LogP contribution in [0.5, 0.6) is 0 Å². The van der Waals surface area contributed by atoms with Crippen molar-refractivity contribution in [1.29, 1.82) is 0 Å². The lowest BCUT2D eigenvalue weighted by atomic mass is 9.74. The molecule has 0 radical (unpaired) electrons. The Hall–Kier alpha value is -3.12. The van der Waals surface area contributed by atoms with Crippen LogP contribution in [0, 0.1) is 0 Å². The first-order valence-electron chi connectivity index (χ1n) is 10.7. The largest absolute Gasteiger partial charge is 0.478 e. The van der Waals surface area contributed by atoms with Gasteiger partial charge in [0.1, 0.15) is 6.61 Å². The van der Waals surface area contributed by atoms with E-state index in [4.69, 9.17) is 4.74 Å². The number of nitrogens with one attached hydrogen (secondary N) is 1. The van der Waals surface area contributed by atoms with Gasteiger partial charge in [0.05, 0.1) is 5.56 Å². The van der Waals surface area contributed by atoms with Crippen molar-refractivity contribution < 1.29 is 19.4 Å². The number of amides is 1. The van der Waals surface area contributed by atoms with Gasteiger partial charge in [-0.25, -0.2) is 9.59 Å². The zero-order chi connectivity index (χ0) is 22.2. The Morgan fingerprint density at radius 3 is 2.19 bits per heavy atom. The molecule has 0 spiro atoms. The highest BCUT2D eigenvalue weighted by Crippen LogP contribution is 2.44. The summed E-state index contributed by atoms with van der Waals surface area (Å²) in [6.45, 7) is 0.284. The van der Waals surface area contributed by atoms with Crippen LogP contribution in [0.15, 0.2) is 71.2 Å². The van der Waals surface area contributed by atoms with E-state index >= 15 is 0 Å². The van der Waals surface area contributed by atoms with Gasteiger partial charge < -0.3 is 15.2 Å². The molecule has 3 aromatic rings. The summed E-state index contributed by atoms with van der Waals surface area (Å²) >= 11 is 3.33. The fraction of sp³-hybridized carbons (Fsp3) is 0.231. The minimum Gasteiger partial charge on any atom is -0.478 e. The van der Waals surface area contributed by atoms with Crippen LogP contribution in [0.3, 0.4) is 0 Å². The molecule has 0 unspecified atom stereocenters. The number of aromatic carboxylic acids is 1. The number of rotatable bonds is 5. The first-order valence-corrected chi connectivity index (χ1v) is 11.4. The molecule has 1 saturated carbocycles. The maximum absolute atomic E-state index is 12.5. The summed E-state index contributed by atoms with van der Waals surface area (Å²) < 4.78 is 6.36. The Bertz CT molecular complexity index is 1160. The maximum Gasteiger partial charge on any atom is 0.407 e. The summed E-state index contributed by atoms with van der Waals surface area (Å²) in [7, 11) is 0. The minimum absolute atomic E-state index is 0.0130. The number of carboxylic acids is 1. The first kappa shape index (κ1) is 20.8. The predicted molar refractivity (Wildman–Crippen MR) is 125 cm³/mol. The van der Waals surface area contributed by atoms with Crippen molar-refractivity contribution in [2.75, 3.05) is 6.61 Å². The number of hydrogen-bond donors (Lipinski definition) is 2. The average Bonchev–Trinajstić information content (AvgIpc) is 3.08. The van der Waals surface area contributed by atoms with Gasteiger partial charge in [-0.2, -0.15) is 0 Å². The van der Waals surface area contributed by atoms with E-state index in [0.717, 1.165) is 10.0 Å². The zero-order valence-corrected chi connectivity index (χ0v) is 18.8. The van der Waals surface area contributed by atoms with Gasteiger partial charge in [0, 0.05) is 16.4 Å². The number of carboxylic acid groups (broad SMARTS) is 1. The van der Waals surface area contributed by atoms with Gasteiger partial charge in [0.15, 0.2) is 0 Å². The van der Waals surface area contributed by atoms with E-state index in [1.165, 1.54) is 22.3 Å². The quantitative estimate of drug-likeness (QED) is 0.463. The Balaban J connectivity index is 1.19. The van der Waals surface area contributed by atoms with Crippen molar-refractivity contribution >= 4 is 28.0 Å². The lowest BCUT2D eigenvalue weighted by molar-refractivity contribution is 0.0693. The fourth-order valence-corrected chi connectivity index (χ4v) is 5.23. The highest BCUT2D eigenvalue weighted by atomic mass is 79.9. The van der Waals surface area contributed by atoms with Crippen LogP contribution in [-0.2, 0) is 4.74 Å². The van der Waals surface area contributed by atoms with E-state index in [1.807, 2.05) is 36.4 Å². The molecule has 1 amide bonds. The van der Waals surface area contributed by atoms with Crippen LogP contribution in [0.4, 0.5) is 4.79 Å². The topological polar surface area (TPSA) is 75.6 Å². The van der Waals surface area contributed by atoms with Crippen molar-refractivity contribution in [2.45, 2.75) is 30.7 Å². The summed E-state index contributed by atoms with van der Waals surface area (Å²) in [5.74, 6) is -0.787. The molecule has 0 aliphatic heterocycles. The van der Waals surface area contributed by atoms with E-state index < -0.39 is 12.1 Å². The highest BCUT2D eigenvalue weighted by molar-refractivity contribution is 9.10. The summed E-state index contributed by atoms with van der Waals surface area (Å²) in [4.78, 5) is 24.0. The Morgan fingerprint density at radius 1 is 0.938 bits per heavy atom. The molecule has 162 valence electrons. The number of ether oxygens (including phenoxy) is 1. The van der Waals surface area contributed by atoms with Gasteiger partial charge in [-0.1, -0.05) is 70.5 Å². The summed E-state index contributed by atoms with van der Waals surface area (Å²) in [6.07, 6.45) is 0.975. The minimum atomic E-state index is -0.936. The number of alkyl carbamates (subject to hydrolysis) is 1. The Labute approximate surface area is 194 Å². The van der Waals surface area contributed by atoms with Gasteiger partial charge in [0.25, 0.3) is 0 Å². The monoisotopic (exact) mass is 491 g/mol. The smallest absolute Gasteiger partial charge is 0.407 e. The Kier molecular flexibility index (Phi) is 5.47. The molecule has 1 fully saturated rings. The maximum atomic E-state index is 12.5. The van der Waals surface area contributed by atoms with Crippen molar-refractivity contribution in [3.63, 3.8) is 0 Å². The highest BCUT2D eigenvalue weighted by Gasteiger charge is 2.35. The van der Waals surface area contributed by atoms with Gasteiger partial charge in [-0.15, -0.1) is 0 Å². The Morgan fingerprint density at radius 2 is 1.56 bits per heavy atom. The molecule has 5 rings (SSSR count). The van der Waals surface area contributed by atoms with Crippen LogP contribution in [-0.4, -0.2) is 29.8 Å². The molecular weight excluding hydrogens is 470 g/mol. The van der Waals surface area contributed by atoms with Gasteiger partial charge in [0.2, 0.25) is 0 Å². The molecule has 0 aromatic heterocycles. The number of carbonyl (C=O) groups is 2. The fourth-order valence-electron chi connectivity index (χ4n) is 4.87. The number of hydrogen-bond acceptors (Lipinski definition) is 3. The van der Waals surface area contributed by atoms with E-state index in [2.05, 4.69) is 45.5 Å².